The number of benzene rings is 4. The van der Waals surface area contributed by atoms with Crippen molar-refractivity contribution in [3.63, 3.8) is 0 Å². The van der Waals surface area contributed by atoms with E-state index in [0.29, 0.717) is 78.0 Å². The molecule has 6 rings (SSSR count). The number of hydrogen-bond acceptors (Lipinski definition) is 10. The second kappa shape index (κ2) is 17.6. The first-order valence-electron chi connectivity index (χ1n) is 17.1. The summed E-state index contributed by atoms with van der Waals surface area (Å²) in [5, 5.41) is 0. The van der Waals surface area contributed by atoms with Crippen LogP contribution in [-0.2, 0) is 9.47 Å². The van der Waals surface area contributed by atoms with E-state index in [2.05, 4.69) is 6.92 Å². The van der Waals surface area contributed by atoms with Crippen molar-refractivity contribution in [1.29, 1.82) is 0 Å². The molecule has 0 spiro atoms. The molecule has 10 heteroatoms. The minimum absolute atomic E-state index is 0.185. The Labute approximate surface area is 292 Å². The number of ether oxygens (including phenoxy) is 8. The molecule has 0 bridgehead atoms. The highest BCUT2D eigenvalue weighted by Crippen LogP contribution is 2.23. The van der Waals surface area contributed by atoms with Crippen LogP contribution >= 0.6 is 0 Å². The maximum atomic E-state index is 12.5. The average molecular weight is 683 g/mol. The van der Waals surface area contributed by atoms with E-state index in [1.165, 1.54) is 0 Å². The van der Waals surface area contributed by atoms with E-state index < -0.39 is 11.9 Å². The van der Waals surface area contributed by atoms with Crippen LogP contribution in [0.1, 0.15) is 53.3 Å². The molecule has 0 radical (unpaired) electrons. The lowest BCUT2D eigenvalue weighted by molar-refractivity contribution is 0.0725. The molecule has 4 aromatic rings. The molecule has 2 atom stereocenters. The molecule has 2 aliphatic heterocycles. The molecular formula is C40H42O10. The fourth-order valence-corrected chi connectivity index (χ4v) is 5.01. The van der Waals surface area contributed by atoms with Gasteiger partial charge in [-0.15, -0.1) is 0 Å². The number of hydrogen-bond donors (Lipinski definition) is 0. The van der Waals surface area contributed by atoms with Gasteiger partial charge in [-0.05, 0) is 129 Å². The van der Waals surface area contributed by atoms with Crippen LogP contribution < -0.4 is 28.4 Å². The van der Waals surface area contributed by atoms with Crippen LogP contribution in [0.25, 0.3) is 0 Å². The van der Waals surface area contributed by atoms with Gasteiger partial charge in [-0.2, -0.15) is 0 Å². The largest absolute Gasteiger partial charge is 0.494 e. The van der Waals surface area contributed by atoms with Crippen LogP contribution in [-0.4, -0.2) is 63.8 Å². The molecule has 0 N–H and O–H groups in total. The van der Waals surface area contributed by atoms with E-state index in [-0.39, 0.29) is 12.2 Å². The van der Waals surface area contributed by atoms with E-state index >= 15 is 0 Å². The molecule has 0 saturated carbocycles. The summed E-state index contributed by atoms with van der Waals surface area (Å²) < 4.78 is 44.2. The van der Waals surface area contributed by atoms with Gasteiger partial charge >= 0.3 is 11.9 Å². The fourth-order valence-electron chi connectivity index (χ4n) is 5.01. The summed E-state index contributed by atoms with van der Waals surface area (Å²) in [6.07, 6.45) is 4.28. The highest BCUT2D eigenvalue weighted by atomic mass is 16.6. The van der Waals surface area contributed by atoms with Gasteiger partial charge in [0.05, 0.1) is 37.6 Å². The standard InChI is InChI=1S/C40H42O10/c1-28(4-2-22-43-31-10-6-29(7-11-31)39(41)49-35-18-14-33(15-19-35)45-24-37-26-47-37)5-3-23-44-32-12-8-30(9-13-32)40(42)50-36-20-16-34(17-21-36)46-25-38-27-48-38/h6-21,28,37-38H,2-5,22-27H2,1H3. The monoisotopic (exact) mass is 682 g/mol. The highest BCUT2D eigenvalue weighted by Gasteiger charge is 2.23. The molecule has 0 aliphatic carbocycles. The van der Waals surface area contributed by atoms with Gasteiger partial charge in [0.2, 0.25) is 0 Å². The van der Waals surface area contributed by atoms with Crippen molar-refractivity contribution in [1.82, 2.24) is 0 Å². The van der Waals surface area contributed by atoms with Crippen molar-refractivity contribution < 1.29 is 47.5 Å². The van der Waals surface area contributed by atoms with Crippen LogP contribution in [0.4, 0.5) is 0 Å². The van der Waals surface area contributed by atoms with E-state index in [9.17, 15) is 9.59 Å². The molecule has 2 aliphatic rings. The lowest BCUT2D eigenvalue weighted by Crippen LogP contribution is -2.09. The van der Waals surface area contributed by atoms with Gasteiger partial charge in [0, 0.05) is 0 Å². The summed E-state index contributed by atoms with van der Waals surface area (Å²) in [6, 6.07) is 27.8. The van der Waals surface area contributed by atoms with Crippen molar-refractivity contribution >= 4 is 11.9 Å². The Morgan fingerprint density at radius 3 is 1.22 bits per heavy atom. The quantitative estimate of drug-likeness (QED) is 0.0406. The smallest absolute Gasteiger partial charge is 0.343 e. The molecule has 2 fully saturated rings. The second-order valence-electron chi connectivity index (χ2n) is 12.4. The lowest BCUT2D eigenvalue weighted by atomic mass is 10.0. The summed E-state index contributed by atoms with van der Waals surface area (Å²) in [4.78, 5) is 25.1. The fraction of sp³-hybridized carbons (Fsp3) is 0.350. The molecular weight excluding hydrogens is 640 g/mol. The van der Waals surface area contributed by atoms with Crippen molar-refractivity contribution in [2.24, 2.45) is 5.92 Å². The Kier molecular flexibility index (Phi) is 12.2. The summed E-state index contributed by atoms with van der Waals surface area (Å²) in [7, 11) is 0. The van der Waals surface area contributed by atoms with Crippen LogP contribution in [0.15, 0.2) is 97.1 Å². The summed E-state index contributed by atoms with van der Waals surface area (Å²) in [5.41, 5.74) is 0.892. The third-order valence-corrected chi connectivity index (χ3v) is 8.15. The minimum atomic E-state index is -0.434. The van der Waals surface area contributed by atoms with Gasteiger partial charge in [0.15, 0.2) is 0 Å². The first-order chi connectivity index (χ1) is 24.5. The lowest BCUT2D eigenvalue weighted by Gasteiger charge is -2.13. The SMILES string of the molecule is CC(CCCOc1ccc(C(=O)Oc2ccc(OCC3CO3)cc2)cc1)CCCOc1ccc(C(=O)Oc2ccc(OCC3CO3)cc2)cc1. The van der Waals surface area contributed by atoms with E-state index in [4.69, 9.17) is 37.9 Å². The van der Waals surface area contributed by atoms with Gasteiger partial charge in [-0.3, -0.25) is 0 Å². The predicted molar refractivity (Wildman–Crippen MR) is 185 cm³/mol. The Morgan fingerprint density at radius 2 is 0.860 bits per heavy atom. The van der Waals surface area contributed by atoms with Gasteiger partial charge < -0.3 is 37.9 Å². The average Bonchev–Trinajstić information content (AvgIpc) is 4.08. The number of rotatable bonds is 20. The summed E-state index contributed by atoms with van der Waals surface area (Å²) in [6.45, 7) is 5.95. The summed E-state index contributed by atoms with van der Waals surface area (Å²) >= 11 is 0. The Hall–Kier alpha value is -5.06. The zero-order chi connectivity index (χ0) is 34.5. The summed E-state index contributed by atoms with van der Waals surface area (Å²) in [5.74, 6) is 3.38. The minimum Gasteiger partial charge on any atom is -0.494 e. The molecule has 262 valence electrons. The highest BCUT2D eigenvalue weighted by molar-refractivity contribution is 5.91. The van der Waals surface area contributed by atoms with E-state index in [1.807, 2.05) is 0 Å². The molecule has 0 aromatic heterocycles. The van der Waals surface area contributed by atoms with Gasteiger partial charge in [-0.1, -0.05) is 6.92 Å². The Bertz CT molecular complexity index is 1520. The third kappa shape index (κ3) is 11.5. The van der Waals surface area contributed by atoms with Crippen LogP contribution in [0.3, 0.4) is 0 Å². The number of esters is 2. The number of carbonyl (C=O) groups excluding carboxylic acids is 2. The third-order valence-electron chi connectivity index (χ3n) is 8.15. The molecule has 10 nitrogen and oxygen atoms in total. The van der Waals surface area contributed by atoms with Crippen LogP contribution in [0.5, 0.6) is 34.5 Å². The molecule has 0 amide bonds. The van der Waals surface area contributed by atoms with Crippen LogP contribution in [0.2, 0.25) is 0 Å². The van der Waals surface area contributed by atoms with Gasteiger partial charge in [0.1, 0.15) is 59.9 Å². The van der Waals surface area contributed by atoms with Crippen molar-refractivity contribution in [3.8, 4) is 34.5 Å². The normalized spacial score (nSPS) is 16.5. The molecule has 50 heavy (non-hydrogen) atoms. The maximum absolute atomic E-state index is 12.5. The Balaban J connectivity index is 0.806. The molecule has 4 aromatic carbocycles. The van der Waals surface area contributed by atoms with E-state index in [0.717, 1.165) is 38.9 Å². The van der Waals surface area contributed by atoms with Crippen molar-refractivity contribution in [2.75, 3.05) is 39.6 Å². The molecule has 2 unspecified atom stereocenters. The first kappa shape index (κ1) is 34.8. The first-order valence-corrected chi connectivity index (χ1v) is 17.1. The Morgan fingerprint density at radius 1 is 0.540 bits per heavy atom. The maximum Gasteiger partial charge on any atom is 0.343 e. The van der Waals surface area contributed by atoms with Crippen molar-refractivity contribution in [2.45, 2.75) is 44.8 Å². The van der Waals surface area contributed by atoms with E-state index in [1.54, 1.807) is 97.1 Å². The van der Waals surface area contributed by atoms with Gasteiger partial charge in [0.25, 0.3) is 0 Å². The molecule has 2 saturated heterocycles. The van der Waals surface area contributed by atoms with Gasteiger partial charge in [-0.25, -0.2) is 9.59 Å². The van der Waals surface area contributed by atoms with Crippen LogP contribution in [0, 0.1) is 5.92 Å². The molecule has 2 heterocycles. The zero-order valence-corrected chi connectivity index (χ0v) is 28.1. The number of carbonyl (C=O) groups is 2. The predicted octanol–water partition coefficient (Wildman–Crippen LogP) is 7.33. The topological polar surface area (TPSA) is 115 Å². The zero-order valence-electron chi connectivity index (χ0n) is 28.1. The number of epoxide rings is 2. The second-order valence-corrected chi connectivity index (χ2v) is 12.4. The van der Waals surface area contributed by atoms with Crippen molar-refractivity contribution in [3.05, 3.63) is 108 Å².